The molecule has 152 valence electrons. The number of aryl methyl sites for hydroxylation is 2. The van der Waals surface area contributed by atoms with Crippen molar-refractivity contribution in [1.29, 1.82) is 0 Å². The summed E-state index contributed by atoms with van der Waals surface area (Å²) in [6.45, 7) is 7.95. The van der Waals surface area contributed by atoms with Crippen molar-refractivity contribution >= 4 is 26.6 Å². The molecule has 0 spiro atoms. The van der Waals surface area contributed by atoms with Crippen molar-refractivity contribution in [2.45, 2.75) is 37.5 Å². The van der Waals surface area contributed by atoms with Crippen LogP contribution in [0.25, 0.3) is 10.9 Å². The van der Waals surface area contributed by atoms with Crippen LogP contribution in [0.5, 0.6) is 0 Å². The minimum atomic E-state index is -4.12. The summed E-state index contributed by atoms with van der Waals surface area (Å²) < 4.78 is 41.5. The highest BCUT2D eigenvalue weighted by atomic mass is 32.2. The Morgan fingerprint density at radius 2 is 1.76 bits per heavy atom. The summed E-state index contributed by atoms with van der Waals surface area (Å²) in [7, 11) is -4.12. The van der Waals surface area contributed by atoms with Crippen molar-refractivity contribution in [2.24, 2.45) is 0 Å². The molecular weight excluding hydrogens is 391 g/mol. The van der Waals surface area contributed by atoms with Crippen LogP contribution in [0.3, 0.4) is 0 Å². The largest absolute Gasteiger partial charge is 0.339 e. The molecule has 0 radical (unpaired) electrons. The van der Waals surface area contributed by atoms with Gasteiger partial charge in [-0.25, -0.2) is 12.8 Å². The average molecular weight is 415 g/mol. The molecule has 0 aliphatic rings. The highest BCUT2D eigenvalue weighted by Gasteiger charge is 2.30. The molecule has 0 unspecified atom stereocenters. The number of sulfone groups is 1. The highest BCUT2D eigenvalue weighted by Crippen LogP contribution is 2.33. The lowest BCUT2D eigenvalue weighted by Crippen LogP contribution is -2.32. The van der Waals surface area contributed by atoms with Crippen molar-refractivity contribution in [3.8, 4) is 0 Å². The van der Waals surface area contributed by atoms with Crippen LogP contribution in [-0.4, -0.2) is 37.3 Å². The SMILES string of the molecule is CCN(CC)C(=O)c1cnc2ccc(F)cc2c1S(=O)(=O)c1cc(C)ccc1C. The Morgan fingerprint density at radius 3 is 2.41 bits per heavy atom. The first-order chi connectivity index (χ1) is 13.7. The maximum Gasteiger partial charge on any atom is 0.256 e. The third kappa shape index (κ3) is 3.74. The normalized spacial score (nSPS) is 11.6. The van der Waals surface area contributed by atoms with Crippen LogP contribution >= 0.6 is 0 Å². The van der Waals surface area contributed by atoms with Gasteiger partial charge in [0.2, 0.25) is 9.84 Å². The topological polar surface area (TPSA) is 67.3 Å². The number of hydrogen-bond donors (Lipinski definition) is 0. The van der Waals surface area contributed by atoms with Crippen molar-refractivity contribution in [3.63, 3.8) is 0 Å². The van der Waals surface area contributed by atoms with Gasteiger partial charge in [0.05, 0.1) is 20.9 Å². The zero-order chi connectivity index (χ0) is 21.3. The Bertz CT molecular complexity index is 1200. The first kappa shape index (κ1) is 20.9. The number of pyridine rings is 1. The minimum absolute atomic E-state index is 0.0484. The van der Waals surface area contributed by atoms with Gasteiger partial charge in [0.15, 0.2) is 0 Å². The van der Waals surface area contributed by atoms with E-state index in [0.29, 0.717) is 24.2 Å². The molecule has 0 saturated carbocycles. The summed E-state index contributed by atoms with van der Waals surface area (Å²) in [5, 5.41) is 0.101. The van der Waals surface area contributed by atoms with Gasteiger partial charge in [-0.05, 0) is 63.1 Å². The fraction of sp³-hybridized carbons (Fsp3) is 0.273. The van der Waals surface area contributed by atoms with Gasteiger partial charge < -0.3 is 4.90 Å². The van der Waals surface area contributed by atoms with Crippen LogP contribution in [0, 0.1) is 19.7 Å². The maximum absolute atomic E-state index is 14.1. The number of rotatable bonds is 5. The van der Waals surface area contributed by atoms with Crippen LogP contribution < -0.4 is 0 Å². The molecule has 1 heterocycles. The summed E-state index contributed by atoms with van der Waals surface area (Å²) >= 11 is 0. The molecule has 2 aromatic carbocycles. The van der Waals surface area contributed by atoms with Crippen LogP contribution in [0.2, 0.25) is 0 Å². The molecule has 0 saturated heterocycles. The molecule has 0 fully saturated rings. The summed E-state index contributed by atoms with van der Waals surface area (Å²) in [5.41, 5.74) is 1.59. The number of amides is 1. The van der Waals surface area contributed by atoms with E-state index in [1.54, 1.807) is 26.0 Å². The zero-order valence-corrected chi connectivity index (χ0v) is 17.7. The van der Waals surface area contributed by atoms with Crippen molar-refractivity contribution in [1.82, 2.24) is 9.88 Å². The number of fused-ring (bicyclic) bond motifs is 1. The predicted octanol–water partition coefficient (Wildman–Crippen LogP) is 4.31. The molecule has 1 amide bonds. The zero-order valence-electron chi connectivity index (χ0n) is 16.9. The Morgan fingerprint density at radius 1 is 1.07 bits per heavy atom. The van der Waals surface area contributed by atoms with Crippen molar-refractivity contribution < 1.29 is 17.6 Å². The summed E-state index contributed by atoms with van der Waals surface area (Å²) in [6, 6.07) is 8.87. The van der Waals surface area contributed by atoms with Gasteiger partial charge in [-0.1, -0.05) is 12.1 Å². The molecule has 0 aliphatic heterocycles. The number of nitrogens with zero attached hydrogens (tertiary/aromatic N) is 2. The first-order valence-electron chi connectivity index (χ1n) is 9.40. The van der Waals surface area contributed by atoms with Gasteiger partial charge >= 0.3 is 0 Å². The molecule has 0 atom stereocenters. The third-order valence-corrected chi connectivity index (χ3v) is 6.96. The molecule has 7 heteroatoms. The lowest BCUT2D eigenvalue weighted by atomic mass is 10.1. The van der Waals surface area contributed by atoms with E-state index in [1.165, 1.54) is 23.2 Å². The Hall–Kier alpha value is -2.80. The molecule has 5 nitrogen and oxygen atoms in total. The van der Waals surface area contributed by atoms with E-state index < -0.39 is 21.6 Å². The number of aromatic nitrogens is 1. The molecule has 3 aromatic rings. The van der Waals surface area contributed by atoms with Gasteiger partial charge in [0.1, 0.15) is 5.82 Å². The number of carbonyl (C=O) groups excluding carboxylic acids is 1. The van der Waals surface area contributed by atoms with Crippen LogP contribution in [0.15, 0.2) is 52.4 Å². The average Bonchev–Trinajstić information content (AvgIpc) is 2.69. The molecule has 0 N–H and O–H groups in total. The second-order valence-electron chi connectivity index (χ2n) is 6.91. The van der Waals surface area contributed by atoms with E-state index in [4.69, 9.17) is 0 Å². The second-order valence-corrected chi connectivity index (χ2v) is 8.77. The summed E-state index contributed by atoms with van der Waals surface area (Å²) in [5.74, 6) is -1.04. The Labute approximate surface area is 170 Å². The number of carbonyl (C=O) groups is 1. The van der Waals surface area contributed by atoms with E-state index in [-0.39, 0.29) is 20.7 Å². The summed E-state index contributed by atoms with van der Waals surface area (Å²) in [6.07, 6.45) is 1.28. The molecule has 0 bridgehead atoms. The van der Waals surface area contributed by atoms with E-state index >= 15 is 0 Å². The molecule has 29 heavy (non-hydrogen) atoms. The van der Waals surface area contributed by atoms with Crippen LogP contribution in [0.4, 0.5) is 4.39 Å². The molecule has 0 aliphatic carbocycles. The number of halogens is 1. The number of benzene rings is 2. The molecule has 3 rings (SSSR count). The monoisotopic (exact) mass is 414 g/mol. The van der Waals surface area contributed by atoms with Gasteiger partial charge in [-0.3, -0.25) is 9.78 Å². The van der Waals surface area contributed by atoms with Gasteiger partial charge in [0, 0.05) is 24.7 Å². The van der Waals surface area contributed by atoms with E-state index in [9.17, 15) is 17.6 Å². The van der Waals surface area contributed by atoms with E-state index in [0.717, 1.165) is 11.6 Å². The maximum atomic E-state index is 14.1. The fourth-order valence-corrected chi connectivity index (χ4v) is 5.31. The lowest BCUT2D eigenvalue weighted by molar-refractivity contribution is 0.0769. The predicted molar refractivity (Wildman–Crippen MR) is 110 cm³/mol. The van der Waals surface area contributed by atoms with Gasteiger partial charge in [0.25, 0.3) is 5.91 Å². The van der Waals surface area contributed by atoms with Crippen LogP contribution in [0.1, 0.15) is 35.3 Å². The van der Waals surface area contributed by atoms with E-state index in [2.05, 4.69) is 4.98 Å². The third-order valence-electron chi connectivity index (χ3n) is 4.96. The lowest BCUT2D eigenvalue weighted by Gasteiger charge is -2.21. The minimum Gasteiger partial charge on any atom is -0.339 e. The van der Waals surface area contributed by atoms with Gasteiger partial charge in [-0.15, -0.1) is 0 Å². The highest BCUT2D eigenvalue weighted by molar-refractivity contribution is 7.91. The van der Waals surface area contributed by atoms with Crippen molar-refractivity contribution in [2.75, 3.05) is 13.1 Å². The number of hydrogen-bond acceptors (Lipinski definition) is 4. The fourth-order valence-electron chi connectivity index (χ4n) is 3.37. The van der Waals surface area contributed by atoms with Gasteiger partial charge in [-0.2, -0.15) is 0 Å². The Kier molecular flexibility index (Phi) is 5.71. The second kappa shape index (κ2) is 7.91. The standard InChI is InChI=1S/C22H23FN2O3S/c1-5-25(6-2)22(26)18-13-24-19-10-9-16(23)12-17(19)21(18)29(27,28)20-11-14(3)7-8-15(20)4/h7-13H,5-6H2,1-4H3. The molecule has 1 aromatic heterocycles. The summed E-state index contributed by atoms with van der Waals surface area (Å²) in [4.78, 5) is 18.8. The smallest absolute Gasteiger partial charge is 0.256 e. The molecular formula is C22H23FN2O3S. The first-order valence-corrected chi connectivity index (χ1v) is 10.9. The van der Waals surface area contributed by atoms with Crippen molar-refractivity contribution in [3.05, 3.63) is 65.1 Å². The van der Waals surface area contributed by atoms with E-state index in [1.807, 2.05) is 19.9 Å². The van der Waals surface area contributed by atoms with Crippen LogP contribution in [-0.2, 0) is 9.84 Å². The quantitative estimate of drug-likeness (QED) is 0.624. The Balaban J connectivity index is 2.42.